The number of carbonyl (C=O) groups excluding carboxylic acids is 1. The van der Waals surface area contributed by atoms with Crippen LogP contribution in [-0.2, 0) is 11.4 Å². The molecule has 0 aliphatic carbocycles. The highest BCUT2D eigenvalue weighted by Crippen LogP contribution is 2.26. The molecule has 3 nitrogen and oxygen atoms in total. The summed E-state index contributed by atoms with van der Waals surface area (Å²) < 4.78 is 0. The molecule has 0 aliphatic heterocycles. The van der Waals surface area contributed by atoms with Crippen molar-refractivity contribution in [3.8, 4) is 11.3 Å². The molecule has 1 aromatic carbocycles. The van der Waals surface area contributed by atoms with E-state index < -0.39 is 0 Å². The minimum atomic E-state index is -0.0408. The molecule has 1 aromatic heterocycles. The molecule has 0 saturated carbocycles. The number of aromatic nitrogens is 1. The summed E-state index contributed by atoms with van der Waals surface area (Å²) in [6.45, 7) is 3.99. The van der Waals surface area contributed by atoms with Gasteiger partial charge in [0.05, 0.1) is 17.3 Å². The number of aryl methyl sites for hydroxylation is 1. The Morgan fingerprint density at radius 1 is 1.28 bits per heavy atom. The third kappa shape index (κ3) is 3.39. The summed E-state index contributed by atoms with van der Waals surface area (Å²) in [7, 11) is 0. The monoisotopic (exact) mass is 263 g/mol. The Bertz CT molecular complexity index is 512. The predicted molar refractivity (Wildman–Crippen MR) is 72.5 cm³/mol. The van der Waals surface area contributed by atoms with Crippen molar-refractivity contribution in [2.24, 2.45) is 0 Å². The molecule has 18 heavy (non-hydrogen) atoms. The van der Waals surface area contributed by atoms with Crippen molar-refractivity contribution in [2.75, 3.05) is 0 Å². The highest BCUT2D eigenvalue weighted by molar-refractivity contribution is 6.33. The maximum absolute atomic E-state index is 8.96. The van der Waals surface area contributed by atoms with Crippen LogP contribution in [0.3, 0.4) is 0 Å². The van der Waals surface area contributed by atoms with Crippen molar-refractivity contribution in [1.82, 2.24) is 4.98 Å². The van der Waals surface area contributed by atoms with Crippen LogP contribution in [0.2, 0.25) is 5.02 Å². The highest BCUT2D eigenvalue weighted by atomic mass is 35.5. The topological polar surface area (TPSA) is 50.2 Å². The van der Waals surface area contributed by atoms with Crippen molar-refractivity contribution in [2.45, 2.75) is 13.5 Å². The highest BCUT2D eigenvalue weighted by Gasteiger charge is 2.05. The average Bonchev–Trinajstić information content (AvgIpc) is 2.42. The normalized spacial score (nSPS) is 9.50. The fourth-order valence-electron chi connectivity index (χ4n) is 1.49. The van der Waals surface area contributed by atoms with E-state index in [0.717, 1.165) is 16.8 Å². The molecule has 94 valence electrons. The molecule has 4 heteroatoms. The summed E-state index contributed by atoms with van der Waals surface area (Å²) in [6.07, 6.45) is 1.64. The largest absolute Gasteiger partial charge is 0.392 e. The quantitative estimate of drug-likeness (QED) is 0.906. The lowest BCUT2D eigenvalue weighted by Gasteiger charge is -2.05. The smallest absolute Gasteiger partial charge is 0.106 e. The van der Waals surface area contributed by atoms with Gasteiger partial charge < -0.3 is 9.90 Å². The number of nitrogens with zero attached hydrogens (tertiary/aromatic N) is 1. The van der Waals surface area contributed by atoms with E-state index in [1.165, 1.54) is 5.56 Å². The van der Waals surface area contributed by atoms with Gasteiger partial charge in [-0.15, -0.1) is 0 Å². The lowest BCUT2D eigenvalue weighted by molar-refractivity contribution is -0.0979. The van der Waals surface area contributed by atoms with Crippen molar-refractivity contribution in [3.63, 3.8) is 0 Å². The van der Waals surface area contributed by atoms with Crippen LogP contribution < -0.4 is 0 Å². The number of aliphatic hydroxyl groups is 1. The molecule has 2 aromatic rings. The van der Waals surface area contributed by atoms with Gasteiger partial charge in [-0.1, -0.05) is 41.4 Å². The van der Waals surface area contributed by atoms with Gasteiger partial charge in [0, 0.05) is 11.8 Å². The minimum Gasteiger partial charge on any atom is -0.392 e. The maximum Gasteiger partial charge on any atom is 0.106 e. The van der Waals surface area contributed by atoms with Gasteiger partial charge in [-0.3, -0.25) is 4.98 Å². The van der Waals surface area contributed by atoms with Gasteiger partial charge in [0.15, 0.2) is 0 Å². The van der Waals surface area contributed by atoms with Crippen LogP contribution in [0.1, 0.15) is 11.1 Å². The maximum atomic E-state index is 8.96. The summed E-state index contributed by atoms with van der Waals surface area (Å²) in [5, 5.41) is 9.53. The molecule has 0 radical (unpaired) electrons. The van der Waals surface area contributed by atoms with E-state index in [1.54, 1.807) is 12.3 Å². The van der Waals surface area contributed by atoms with Crippen LogP contribution in [-0.4, -0.2) is 16.9 Å². The third-order valence-corrected chi connectivity index (χ3v) is 2.69. The summed E-state index contributed by atoms with van der Waals surface area (Å²) in [4.78, 5) is 12.3. The van der Waals surface area contributed by atoms with Crippen molar-refractivity contribution < 1.29 is 9.90 Å². The molecule has 0 unspecified atom stereocenters. The van der Waals surface area contributed by atoms with Gasteiger partial charge in [-0.05, 0) is 18.6 Å². The van der Waals surface area contributed by atoms with Crippen LogP contribution in [0.25, 0.3) is 11.3 Å². The van der Waals surface area contributed by atoms with E-state index >= 15 is 0 Å². The zero-order chi connectivity index (χ0) is 13.5. The number of hydrogen-bond donors (Lipinski definition) is 1. The predicted octanol–water partition coefficient (Wildman–Crippen LogP) is 3.02. The number of carbonyl (C=O) groups is 1. The Morgan fingerprint density at radius 2 is 1.89 bits per heavy atom. The molecule has 2 rings (SSSR count). The van der Waals surface area contributed by atoms with E-state index in [4.69, 9.17) is 21.5 Å². The SMILES string of the molecule is C=O.Cc1ccc(-c2ncc(CO)cc2Cl)cc1. The van der Waals surface area contributed by atoms with Crippen molar-refractivity contribution in [1.29, 1.82) is 0 Å². The first kappa shape index (κ1) is 14.4. The number of hydrogen-bond acceptors (Lipinski definition) is 3. The number of halogens is 1. The van der Waals surface area contributed by atoms with Crippen LogP contribution in [0, 0.1) is 6.92 Å². The van der Waals surface area contributed by atoms with E-state index in [0.29, 0.717) is 5.02 Å². The van der Waals surface area contributed by atoms with E-state index in [2.05, 4.69) is 4.98 Å². The summed E-state index contributed by atoms with van der Waals surface area (Å²) >= 11 is 6.11. The van der Waals surface area contributed by atoms with Crippen molar-refractivity contribution in [3.05, 3.63) is 52.7 Å². The second kappa shape index (κ2) is 6.89. The van der Waals surface area contributed by atoms with Crippen LogP contribution in [0.15, 0.2) is 36.5 Å². The number of aliphatic hydroxyl groups excluding tert-OH is 1. The number of pyridine rings is 1. The first-order chi connectivity index (χ1) is 8.70. The van der Waals surface area contributed by atoms with Gasteiger partial charge in [-0.25, -0.2) is 0 Å². The summed E-state index contributed by atoms with van der Waals surface area (Å²) in [5.41, 5.74) is 3.66. The molecule has 1 heterocycles. The van der Waals surface area contributed by atoms with Gasteiger partial charge in [0.1, 0.15) is 6.79 Å². The Hall–Kier alpha value is -1.71. The first-order valence-electron chi connectivity index (χ1n) is 5.32. The average molecular weight is 264 g/mol. The molecule has 0 fully saturated rings. The molecule has 1 N–H and O–H groups in total. The van der Waals surface area contributed by atoms with E-state index in [9.17, 15) is 0 Å². The zero-order valence-corrected chi connectivity index (χ0v) is 10.8. The van der Waals surface area contributed by atoms with Crippen LogP contribution in [0.4, 0.5) is 0 Å². The fourth-order valence-corrected chi connectivity index (χ4v) is 1.79. The van der Waals surface area contributed by atoms with E-state index in [-0.39, 0.29) is 6.61 Å². The second-order valence-electron chi connectivity index (χ2n) is 3.70. The standard InChI is InChI=1S/C13H12ClNO.CH2O/c1-9-2-4-11(5-3-9)13-12(14)6-10(8-16)7-15-13;1-2/h2-7,16H,8H2,1H3;1H2. The van der Waals surface area contributed by atoms with Crippen molar-refractivity contribution >= 4 is 18.4 Å². The Kier molecular flexibility index (Phi) is 5.49. The summed E-state index contributed by atoms with van der Waals surface area (Å²) in [5.74, 6) is 0. The minimum absolute atomic E-state index is 0.0408. The molecule has 0 aliphatic rings. The Balaban J connectivity index is 0.000000771. The number of rotatable bonds is 2. The van der Waals surface area contributed by atoms with Gasteiger partial charge in [0.2, 0.25) is 0 Å². The summed E-state index contributed by atoms with van der Waals surface area (Å²) in [6, 6.07) is 9.76. The molecular weight excluding hydrogens is 250 g/mol. The van der Waals surface area contributed by atoms with E-state index in [1.807, 2.05) is 38.0 Å². The van der Waals surface area contributed by atoms with Gasteiger partial charge in [0.25, 0.3) is 0 Å². The fraction of sp³-hybridized carbons (Fsp3) is 0.143. The Morgan fingerprint density at radius 3 is 2.39 bits per heavy atom. The molecular formula is C14H14ClNO2. The second-order valence-corrected chi connectivity index (χ2v) is 4.11. The third-order valence-electron chi connectivity index (χ3n) is 2.41. The van der Waals surface area contributed by atoms with Crippen LogP contribution >= 0.6 is 11.6 Å². The zero-order valence-electron chi connectivity index (χ0n) is 10.1. The molecule has 0 atom stereocenters. The van der Waals surface area contributed by atoms with Gasteiger partial charge in [-0.2, -0.15) is 0 Å². The number of benzene rings is 1. The molecule has 0 amide bonds. The Labute approximate surface area is 111 Å². The first-order valence-corrected chi connectivity index (χ1v) is 5.69. The lowest BCUT2D eigenvalue weighted by atomic mass is 10.1. The lowest BCUT2D eigenvalue weighted by Crippen LogP contribution is -1.90. The van der Waals surface area contributed by atoms with Crippen LogP contribution in [0.5, 0.6) is 0 Å². The molecule has 0 saturated heterocycles. The molecule has 0 spiro atoms. The molecule has 0 bridgehead atoms. The van der Waals surface area contributed by atoms with Gasteiger partial charge >= 0.3 is 0 Å².